The topological polar surface area (TPSA) is 75.9 Å². The molecular formula is C12H16N6O. The summed E-state index contributed by atoms with van der Waals surface area (Å²) < 4.78 is 1.69. The van der Waals surface area contributed by atoms with Crippen LogP contribution in [0.2, 0.25) is 0 Å². The molecule has 1 aliphatic rings. The fourth-order valence-electron chi connectivity index (χ4n) is 2.34. The van der Waals surface area contributed by atoms with Crippen LogP contribution in [-0.2, 0) is 11.8 Å². The van der Waals surface area contributed by atoms with E-state index in [4.69, 9.17) is 0 Å². The number of carbonyl (C=O) groups is 1. The van der Waals surface area contributed by atoms with Gasteiger partial charge in [-0.05, 0) is 12.8 Å². The van der Waals surface area contributed by atoms with Crippen molar-refractivity contribution in [3.05, 3.63) is 12.5 Å². The third-order valence-electron chi connectivity index (χ3n) is 3.40. The third-order valence-corrected chi connectivity index (χ3v) is 3.40. The highest BCUT2D eigenvalue weighted by Crippen LogP contribution is 2.17. The van der Waals surface area contributed by atoms with Crippen molar-refractivity contribution in [3.8, 4) is 0 Å². The Kier molecular flexibility index (Phi) is 3.02. The normalized spacial score (nSPS) is 15.1. The maximum atomic E-state index is 12.0. The highest BCUT2D eigenvalue weighted by molar-refractivity contribution is 5.88. The summed E-state index contributed by atoms with van der Waals surface area (Å²) in [6.07, 6.45) is 5.39. The number of rotatable bonds is 3. The molecule has 1 aliphatic heterocycles. The first-order valence-electron chi connectivity index (χ1n) is 6.40. The molecule has 1 fully saturated rings. The Hall–Kier alpha value is -2.18. The molecule has 0 atom stereocenters. The minimum atomic E-state index is 0.119. The first-order valence-corrected chi connectivity index (χ1v) is 6.40. The Morgan fingerprint density at radius 1 is 1.37 bits per heavy atom. The number of hydrogen-bond donors (Lipinski definition) is 1. The van der Waals surface area contributed by atoms with E-state index in [0.29, 0.717) is 5.82 Å². The first-order chi connectivity index (χ1) is 9.25. The Balaban J connectivity index is 1.73. The number of amides is 1. The minimum Gasteiger partial charge on any atom is -0.360 e. The van der Waals surface area contributed by atoms with Crippen molar-refractivity contribution in [2.75, 3.05) is 25.0 Å². The molecule has 19 heavy (non-hydrogen) atoms. The van der Waals surface area contributed by atoms with Crippen molar-refractivity contribution < 1.29 is 4.79 Å². The van der Waals surface area contributed by atoms with Crippen LogP contribution in [0.5, 0.6) is 0 Å². The summed E-state index contributed by atoms with van der Waals surface area (Å²) >= 11 is 0. The highest BCUT2D eigenvalue weighted by atomic mass is 16.2. The van der Waals surface area contributed by atoms with E-state index in [0.717, 1.165) is 37.0 Å². The fraction of sp³-hybridized carbons (Fsp3) is 0.500. The van der Waals surface area contributed by atoms with Gasteiger partial charge in [0.15, 0.2) is 5.65 Å². The summed E-state index contributed by atoms with van der Waals surface area (Å²) in [5.74, 6) is 0.777. The van der Waals surface area contributed by atoms with Gasteiger partial charge in [0.2, 0.25) is 5.91 Å². The maximum Gasteiger partial charge on any atom is 0.241 e. The van der Waals surface area contributed by atoms with Gasteiger partial charge in [0, 0.05) is 20.1 Å². The molecule has 7 heteroatoms. The summed E-state index contributed by atoms with van der Waals surface area (Å²) in [6.45, 7) is 2.00. The van der Waals surface area contributed by atoms with Crippen LogP contribution < -0.4 is 5.32 Å². The molecule has 0 radical (unpaired) electrons. The number of likely N-dealkylation sites (tertiary alicyclic amines) is 1. The van der Waals surface area contributed by atoms with Crippen molar-refractivity contribution in [1.82, 2.24) is 24.6 Å². The van der Waals surface area contributed by atoms with Gasteiger partial charge >= 0.3 is 0 Å². The van der Waals surface area contributed by atoms with Gasteiger partial charge in [0.05, 0.1) is 18.1 Å². The lowest BCUT2D eigenvalue weighted by molar-refractivity contribution is -0.128. The van der Waals surface area contributed by atoms with E-state index >= 15 is 0 Å². The molecule has 7 nitrogen and oxygen atoms in total. The van der Waals surface area contributed by atoms with Crippen LogP contribution in [0.15, 0.2) is 12.5 Å². The fourth-order valence-corrected chi connectivity index (χ4v) is 2.34. The second-order valence-electron chi connectivity index (χ2n) is 4.67. The van der Waals surface area contributed by atoms with Crippen LogP contribution in [0, 0.1) is 0 Å². The van der Waals surface area contributed by atoms with Gasteiger partial charge in [-0.2, -0.15) is 5.10 Å². The number of nitrogens with one attached hydrogen (secondary N) is 1. The Morgan fingerprint density at radius 3 is 2.95 bits per heavy atom. The Morgan fingerprint density at radius 2 is 2.16 bits per heavy atom. The molecule has 2 aromatic rings. The second kappa shape index (κ2) is 4.83. The smallest absolute Gasteiger partial charge is 0.241 e. The number of hydrogen-bond acceptors (Lipinski definition) is 5. The van der Waals surface area contributed by atoms with Crippen LogP contribution in [0.1, 0.15) is 12.8 Å². The zero-order valence-corrected chi connectivity index (χ0v) is 10.8. The predicted octanol–water partition coefficient (Wildman–Crippen LogP) is 0.398. The molecule has 2 aromatic heterocycles. The van der Waals surface area contributed by atoms with Crippen LogP contribution >= 0.6 is 0 Å². The highest BCUT2D eigenvalue weighted by Gasteiger charge is 2.18. The van der Waals surface area contributed by atoms with E-state index in [1.165, 1.54) is 6.33 Å². The number of carbonyl (C=O) groups excluding carboxylic acids is 1. The van der Waals surface area contributed by atoms with Gasteiger partial charge in [0.1, 0.15) is 12.1 Å². The van der Waals surface area contributed by atoms with E-state index in [1.54, 1.807) is 10.9 Å². The van der Waals surface area contributed by atoms with Gasteiger partial charge in [0.25, 0.3) is 0 Å². The molecule has 3 heterocycles. The molecule has 0 aliphatic carbocycles. The van der Waals surface area contributed by atoms with Crippen molar-refractivity contribution in [3.63, 3.8) is 0 Å². The molecule has 0 bridgehead atoms. The summed E-state index contributed by atoms with van der Waals surface area (Å²) in [5, 5.41) is 8.05. The summed E-state index contributed by atoms with van der Waals surface area (Å²) in [6, 6.07) is 0. The molecular weight excluding hydrogens is 244 g/mol. The van der Waals surface area contributed by atoms with Crippen molar-refractivity contribution in [1.29, 1.82) is 0 Å². The summed E-state index contributed by atoms with van der Waals surface area (Å²) in [5.41, 5.74) is 0.756. The number of anilines is 1. The average Bonchev–Trinajstić information content (AvgIpc) is 3.07. The van der Waals surface area contributed by atoms with E-state index in [2.05, 4.69) is 20.4 Å². The second-order valence-corrected chi connectivity index (χ2v) is 4.67. The van der Waals surface area contributed by atoms with Gasteiger partial charge in [-0.15, -0.1) is 0 Å². The third kappa shape index (κ3) is 2.23. The zero-order valence-electron chi connectivity index (χ0n) is 10.8. The minimum absolute atomic E-state index is 0.119. The Labute approximate surface area is 110 Å². The molecule has 0 unspecified atom stereocenters. The lowest BCUT2D eigenvalue weighted by Crippen LogP contribution is -2.33. The number of aromatic nitrogens is 4. The van der Waals surface area contributed by atoms with E-state index < -0.39 is 0 Å². The van der Waals surface area contributed by atoms with E-state index in [-0.39, 0.29) is 12.5 Å². The summed E-state index contributed by atoms with van der Waals surface area (Å²) in [7, 11) is 1.83. The molecule has 0 aromatic carbocycles. The van der Waals surface area contributed by atoms with Gasteiger partial charge in [-0.3, -0.25) is 9.48 Å². The van der Waals surface area contributed by atoms with Crippen molar-refractivity contribution >= 4 is 22.8 Å². The van der Waals surface area contributed by atoms with E-state index in [1.807, 2.05) is 11.9 Å². The average molecular weight is 260 g/mol. The van der Waals surface area contributed by atoms with Crippen LogP contribution in [0.3, 0.4) is 0 Å². The molecule has 1 N–H and O–H groups in total. The van der Waals surface area contributed by atoms with Gasteiger partial charge < -0.3 is 10.2 Å². The molecule has 1 amide bonds. The van der Waals surface area contributed by atoms with Crippen LogP contribution in [0.4, 0.5) is 5.82 Å². The first kappa shape index (κ1) is 11.9. The quantitative estimate of drug-likeness (QED) is 0.864. The number of aryl methyl sites for hydroxylation is 1. The molecule has 100 valence electrons. The maximum absolute atomic E-state index is 12.0. The van der Waals surface area contributed by atoms with Crippen LogP contribution in [0.25, 0.3) is 11.0 Å². The molecule has 0 spiro atoms. The summed E-state index contributed by atoms with van der Waals surface area (Å²) in [4.78, 5) is 22.2. The number of nitrogens with zero attached hydrogens (tertiary/aromatic N) is 5. The largest absolute Gasteiger partial charge is 0.360 e. The number of fused-ring (bicyclic) bond motifs is 1. The van der Waals surface area contributed by atoms with Gasteiger partial charge in [-0.25, -0.2) is 9.97 Å². The molecule has 0 saturated carbocycles. The Bertz CT molecular complexity index is 601. The predicted molar refractivity (Wildman–Crippen MR) is 70.6 cm³/mol. The standard InChI is InChI=1S/C12H16N6O/c1-17-12-9(6-16-17)11(14-8-15-12)13-7-10(19)18-4-2-3-5-18/h6,8H,2-5,7H2,1H3,(H,13,14,15). The molecule has 1 saturated heterocycles. The lowest BCUT2D eigenvalue weighted by atomic mass is 10.4. The monoisotopic (exact) mass is 260 g/mol. The van der Waals surface area contributed by atoms with Crippen LogP contribution in [-0.4, -0.2) is 50.2 Å². The van der Waals surface area contributed by atoms with Crippen molar-refractivity contribution in [2.45, 2.75) is 12.8 Å². The van der Waals surface area contributed by atoms with Crippen molar-refractivity contribution in [2.24, 2.45) is 7.05 Å². The SMILES string of the molecule is Cn1ncc2c(NCC(=O)N3CCCC3)ncnc21. The lowest BCUT2D eigenvalue weighted by Gasteiger charge is -2.15. The zero-order chi connectivity index (χ0) is 13.2. The van der Waals surface area contributed by atoms with E-state index in [9.17, 15) is 4.79 Å². The van der Waals surface area contributed by atoms with Gasteiger partial charge in [-0.1, -0.05) is 0 Å². The molecule has 3 rings (SSSR count).